The Labute approximate surface area is 65.5 Å². The van der Waals surface area contributed by atoms with Crippen molar-refractivity contribution < 1.29 is 4.39 Å². The molecule has 0 aliphatic carbocycles. The lowest BCUT2D eigenvalue weighted by Gasteiger charge is -2.09. The smallest absolute Gasteiger partial charge is 0.164 e. The molecular formula is C8H11FN2. The molecule has 0 unspecified atom stereocenters. The van der Waals surface area contributed by atoms with E-state index in [-0.39, 0.29) is 11.9 Å². The highest BCUT2D eigenvalue weighted by Crippen LogP contribution is 2.11. The fourth-order valence-electron chi connectivity index (χ4n) is 0.803. The topological polar surface area (TPSA) is 24.9 Å². The van der Waals surface area contributed by atoms with Crippen LogP contribution in [0.25, 0.3) is 0 Å². The summed E-state index contributed by atoms with van der Waals surface area (Å²) in [6.45, 7) is 3.92. The monoisotopic (exact) mass is 154 g/mol. The Morgan fingerprint density at radius 1 is 1.55 bits per heavy atom. The van der Waals surface area contributed by atoms with E-state index < -0.39 is 0 Å². The highest BCUT2D eigenvalue weighted by molar-refractivity contribution is 5.43. The van der Waals surface area contributed by atoms with E-state index in [1.165, 1.54) is 6.20 Å². The molecule has 0 aliphatic heterocycles. The normalized spacial score (nSPS) is 10.2. The van der Waals surface area contributed by atoms with Crippen LogP contribution in [0.2, 0.25) is 0 Å². The largest absolute Gasteiger partial charge is 0.380 e. The standard InChI is InChI=1S/C8H11FN2/c1-6(2)11-8-3-4-10-5-7(8)9/h3-6H,1-2H3,(H,10,11). The molecule has 0 saturated heterocycles. The third kappa shape index (κ3) is 2.18. The van der Waals surface area contributed by atoms with Gasteiger partial charge in [-0.15, -0.1) is 0 Å². The number of hydrogen-bond acceptors (Lipinski definition) is 2. The predicted molar refractivity (Wildman–Crippen MR) is 43.0 cm³/mol. The van der Waals surface area contributed by atoms with Crippen molar-refractivity contribution in [2.24, 2.45) is 0 Å². The maximum absolute atomic E-state index is 12.8. The molecule has 60 valence electrons. The average Bonchev–Trinajstić information content (AvgIpc) is 1.93. The molecule has 0 fully saturated rings. The van der Waals surface area contributed by atoms with E-state index in [4.69, 9.17) is 0 Å². The van der Waals surface area contributed by atoms with Crippen LogP contribution < -0.4 is 5.32 Å². The van der Waals surface area contributed by atoms with E-state index in [1.54, 1.807) is 12.3 Å². The lowest BCUT2D eigenvalue weighted by Crippen LogP contribution is -2.10. The molecule has 0 spiro atoms. The summed E-state index contributed by atoms with van der Waals surface area (Å²) in [7, 11) is 0. The van der Waals surface area contributed by atoms with Crippen molar-refractivity contribution in [2.75, 3.05) is 5.32 Å². The number of anilines is 1. The van der Waals surface area contributed by atoms with Gasteiger partial charge in [0.1, 0.15) is 0 Å². The molecule has 0 aromatic carbocycles. The minimum Gasteiger partial charge on any atom is -0.380 e. The first-order valence-corrected chi connectivity index (χ1v) is 3.56. The fourth-order valence-corrected chi connectivity index (χ4v) is 0.803. The fraction of sp³-hybridized carbons (Fsp3) is 0.375. The van der Waals surface area contributed by atoms with Crippen molar-refractivity contribution in [3.8, 4) is 0 Å². The van der Waals surface area contributed by atoms with Crippen LogP contribution in [-0.4, -0.2) is 11.0 Å². The van der Waals surface area contributed by atoms with Gasteiger partial charge in [0.15, 0.2) is 5.82 Å². The van der Waals surface area contributed by atoms with E-state index in [0.717, 1.165) is 0 Å². The Kier molecular flexibility index (Phi) is 2.41. The van der Waals surface area contributed by atoms with Crippen LogP contribution in [0.4, 0.5) is 10.1 Å². The Morgan fingerprint density at radius 3 is 2.82 bits per heavy atom. The van der Waals surface area contributed by atoms with Crippen molar-refractivity contribution in [3.63, 3.8) is 0 Å². The number of hydrogen-bond donors (Lipinski definition) is 1. The average molecular weight is 154 g/mol. The number of halogens is 1. The molecule has 1 aromatic rings. The summed E-state index contributed by atoms with van der Waals surface area (Å²) in [4.78, 5) is 3.64. The molecule has 0 radical (unpaired) electrons. The van der Waals surface area contributed by atoms with Gasteiger partial charge in [0.05, 0.1) is 11.9 Å². The molecule has 0 aliphatic rings. The van der Waals surface area contributed by atoms with Crippen LogP contribution in [0.15, 0.2) is 18.5 Å². The number of aromatic nitrogens is 1. The van der Waals surface area contributed by atoms with Crippen molar-refractivity contribution >= 4 is 5.69 Å². The molecule has 11 heavy (non-hydrogen) atoms. The molecule has 1 N–H and O–H groups in total. The second-order valence-electron chi connectivity index (χ2n) is 2.65. The minimum atomic E-state index is -0.304. The first-order valence-electron chi connectivity index (χ1n) is 3.56. The van der Waals surface area contributed by atoms with Crippen LogP contribution in [-0.2, 0) is 0 Å². The molecule has 1 rings (SSSR count). The van der Waals surface area contributed by atoms with Crippen LogP contribution >= 0.6 is 0 Å². The molecule has 1 heterocycles. The lowest BCUT2D eigenvalue weighted by molar-refractivity contribution is 0.621. The third-order valence-electron chi connectivity index (χ3n) is 1.22. The maximum atomic E-state index is 12.8. The van der Waals surface area contributed by atoms with Gasteiger partial charge in [-0.2, -0.15) is 0 Å². The second kappa shape index (κ2) is 3.32. The van der Waals surface area contributed by atoms with Gasteiger partial charge in [0.2, 0.25) is 0 Å². The Morgan fingerprint density at radius 2 is 2.27 bits per heavy atom. The number of nitrogens with one attached hydrogen (secondary N) is 1. The highest BCUT2D eigenvalue weighted by Gasteiger charge is 2.00. The summed E-state index contributed by atoms with van der Waals surface area (Å²) in [6, 6.07) is 1.86. The first-order chi connectivity index (χ1) is 5.20. The SMILES string of the molecule is CC(C)Nc1ccncc1F. The molecular weight excluding hydrogens is 143 g/mol. The zero-order valence-corrected chi connectivity index (χ0v) is 6.63. The van der Waals surface area contributed by atoms with Gasteiger partial charge in [-0.05, 0) is 19.9 Å². The van der Waals surface area contributed by atoms with Gasteiger partial charge in [0.25, 0.3) is 0 Å². The summed E-state index contributed by atoms with van der Waals surface area (Å²) in [5.41, 5.74) is 0.509. The van der Waals surface area contributed by atoms with E-state index in [2.05, 4.69) is 10.3 Å². The van der Waals surface area contributed by atoms with Crippen molar-refractivity contribution in [1.82, 2.24) is 4.98 Å². The Bertz CT molecular complexity index is 235. The Balaban J connectivity index is 2.78. The zero-order valence-electron chi connectivity index (χ0n) is 6.63. The number of pyridine rings is 1. The molecule has 0 bridgehead atoms. The van der Waals surface area contributed by atoms with Crippen LogP contribution in [0.1, 0.15) is 13.8 Å². The van der Waals surface area contributed by atoms with E-state index in [9.17, 15) is 4.39 Å². The zero-order chi connectivity index (χ0) is 8.27. The molecule has 2 nitrogen and oxygen atoms in total. The summed E-state index contributed by atoms with van der Waals surface area (Å²) >= 11 is 0. The van der Waals surface area contributed by atoms with Gasteiger partial charge in [-0.3, -0.25) is 4.98 Å². The van der Waals surface area contributed by atoms with Crippen LogP contribution in [0.5, 0.6) is 0 Å². The van der Waals surface area contributed by atoms with Gasteiger partial charge >= 0.3 is 0 Å². The van der Waals surface area contributed by atoms with Crippen molar-refractivity contribution in [2.45, 2.75) is 19.9 Å². The second-order valence-corrected chi connectivity index (χ2v) is 2.65. The predicted octanol–water partition coefficient (Wildman–Crippen LogP) is 2.04. The highest BCUT2D eigenvalue weighted by atomic mass is 19.1. The lowest BCUT2D eigenvalue weighted by atomic mass is 10.3. The number of nitrogens with zero attached hydrogens (tertiary/aromatic N) is 1. The quantitative estimate of drug-likeness (QED) is 0.705. The van der Waals surface area contributed by atoms with E-state index in [1.807, 2.05) is 13.8 Å². The molecule has 1 aromatic heterocycles. The summed E-state index contributed by atoms with van der Waals surface area (Å²) in [5, 5.41) is 2.96. The van der Waals surface area contributed by atoms with Crippen molar-refractivity contribution in [3.05, 3.63) is 24.3 Å². The summed E-state index contributed by atoms with van der Waals surface area (Å²) in [6.07, 6.45) is 2.76. The van der Waals surface area contributed by atoms with E-state index >= 15 is 0 Å². The number of rotatable bonds is 2. The maximum Gasteiger partial charge on any atom is 0.164 e. The summed E-state index contributed by atoms with van der Waals surface area (Å²) < 4.78 is 12.8. The first kappa shape index (κ1) is 7.98. The minimum absolute atomic E-state index is 0.242. The van der Waals surface area contributed by atoms with Crippen LogP contribution in [0.3, 0.4) is 0 Å². The molecule has 3 heteroatoms. The van der Waals surface area contributed by atoms with Gasteiger partial charge in [0, 0.05) is 12.2 Å². The Hall–Kier alpha value is -1.12. The third-order valence-corrected chi connectivity index (χ3v) is 1.22. The summed E-state index contributed by atoms with van der Waals surface area (Å²) in [5.74, 6) is -0.304. The molecule has 0 atom stereocenters. The van der Waals surface area contributed by atoms with Crippen molar-refractivity contribution in [1.29, 1.82) is 0 Å². The van der Waals surface area contributed by atoms with Crippen LogP contribution in [0, 0.1) is 5.82 Å². The van der Waals surface area contributed by atoms with Gasteiger partial charge < -0.3 is 5.32 Å². The van der Waals surface area contributed by atoms with E-state index in [0.29, 0.717) is 5.69 Å². The van der Waals surface area contributed by atoms with Gasteiger partial charge in [-0.25, -0.2) is 4.39 Å². The van der Waals surface area contributed by atoms with Gasteiger partial charge in [-0.1, -0.05) is 0 Å². The molecule has 0 amide bonds. The molecule has 0 saturated carbocycles.